The average molecular weight is 161 g/mol. The molecule has 3 nitrogen and oxygen atoms in total. The molecule has 0 bridgehead atoms. The second-order valence-electron chi connectivity index (χ2n) is 2.14. The molecule has 1 heterocycles. The van der Waals surface area contributed by atoms with Gasteiger partial charge in [0.05, 0.1) is 13.2 Å². The predicted octanol–water partition coefficient (Wildman–Crippen LogP) is -0.293. The number of ether oxygens (including phenoxy) is 1. The van der Waals surface area contributed by atoms with Crippen molar-refractivity contribution in [2.45, 2.75) is 0 Å². The normalized spacial score (nSPS) is 19.1. The molecule has 1 rings (SSSR count). The van der Waals surface area contributed by atoms with Crippen LogP contribution in [0.15, 0.2) is 0 Å². The number of thioether (sulfide) groups is 1. The van der Waals surface area contributed by atoms with Gasteiger partial charge in [-0.1, -0.05) is 0 Å². The van der Waals surface area contributed by atoms with Gasteiger partial charge in [0.15, 0.2) is 0 Å². The molecule has 0 aromatic heterocycles. The van der Waals surface area contributed by atoms with Crippen LogP contribution in [0.5, 0.6) is 0 Å². The van der Waals surface area contributed by atoms with Gasteiger partial charge in [-0.05, 0) is 18.0 Å². The average Bonchev–Trinajstić information content (AvgIpc) is 2.05. The molecule has 0 amide bonds. The Labute approximate surface area is 65.2 Å². The molecule has 10 heavy (non-hydrogen) atoms. The van der Waals surface area contributed by atoms with E-state index in [1.165, 1.54) is 0 Å². The van der Waals surface area contributed by atoms with Crippen LogP contribution in [-0.4, -0.2) is 42.3 Å². The summed E-state index contributed by atoms with van der Waals surface area (Å²) >= 11 is 1.60. The molecule has 2 N–H and O–H groups in total. The summed E-state index contributed by atoms with van der Waals surface area (Å²) in [5.74, 6) is 0. The van der Waals surface area contributed by atoms with E-state index in [1.807, 2.05) is 6.26 Å². The highest BCUT2D eigenvalue weighted by Gasteiger charge is 2.11. The van der Waals surface area contributed by atoms with Crippen LogP contribution < -0.4 is 5.73 Å². The SMILES string of the molecule is CSC(N)=[N+]1CCOCC1. The van der Waals surface area contributed by atoms with Crippen molar-refractivity contribution in [3.05, 3.63) is 0 Å². The van der Waals surface area contributed by atoms with Crippen LogP contribution >= 0.6 is 11.8 Å². The molecule has 1 aliphatic rings. The molecule has 0 aromatic carbocycles. The molecule has 58 valence electrons. The van der Waals surface area contributed by atoms with E-state index in [-0.39, 0.29) is 0 Å². The van der Waals surface area contributed by atoms with Gasteiger partial charge in [-0.2, -0.15) is 0 Å². The zero-order chi connectivity index (χ0) is 7.40. The number of amidine groups is 1. The van der Waals surface area contributed by atoms with Crippen molar-refractivity contribution in [2.75, 3.05) is 32.6 Å². The van der Waals surface area contributed by atoms with Crippen LogP contribution in [0.25, 0.3) is 0 Å². The molecule has 4 heteroatoms. The summed E-state index contributed by atoms with van der Waals surface area (Å²) < 4.78 is 7.32. The largest absolute Gasteiger partial charge is 0.373 e. The third kappa shape index (κ3) is 1.88. The standard InChI is InChI=1S/C6H12N2OS/c1-10-6(7)8-2-4-9-5-3-8/h7H,2-5H2,1H3/p+1. The number of rotatable bonds is 0. The van der Waals surface area contributed by atoms with E-state index in [0.717, 1.165) is 31.5 Å². The van der Waals surface area contributed by atoms with E-state index < -0.39 is 0 Å². The summed E-state index contributed by atoms with van der Waals surface area (Å²) in [5, 5.41) is 0.906. The first kappa shape index (κ1) is 7.88. The van der Waals surface area contributed by atoms with E-state index in [4.69, 9.17) is 10.5 Å². The van der Waals surface area contributed by atoms with Crippen LogP contribution in [-0.2, 0) is 4.74 Å². The highest BCUT2D eigenvalue weighted by Crippen LogP contribution is 1.95. The summed E-state index contributed by atoms with van der Waals surface area (Å²) in [6, 6.07) is 0. The van der Waals surface area contributed by atoms with Gasteiger partial charge in [0.2, 0.25) is 0 Å². The molecule has 0 saturated carbocycles. The first-order chi connectivity index (χ1) is 4.84. The fourth-order valence-corrected chi connectivity index (χ4v) is 1.35. The first-order valence-electron chi connectivity index (χ1n) is 3.33. The van der Waals surface area contributed by atoms with E-state index in [1.54, 1.807) is 11.8 Å². The Bertz CT molecular complexity index is 139. The van der Waals surface area contributed by atoms with Crippen LogP contribution in [0.2, 0.25) is 0 Å². The zero-order valence-corrected chi connectivity index (χ0v) is 6.99. The summed E-state index contributed by atoms with van der Waals surface area (Å²) in [6.07, 6.45) is 1.99. The van der Waals surface area contributed by atoms with Crippen molar-refractivity contribution in [2.24, 2.45) is 5.73 Å². The third-order valence-electron chi connectivity index (χ3n) is 1.53. The van der Waals surface area contributed by atoms with Gasteiger partial charge >= 0.3 is 5.17 Å². The topological polar surface area (TPSA) is 38.3 Å². The minimum Gasteiger partial charge on any atom is -0.373 e. The maximum Gasteiger partial charge on any atom is 0.303 e. The Morgan fingerprint density at radius 3 is 2.60 bits per heavy atom. The summed E-state index contributed by atoms with van der Waals surface area (Å²) in [5.41, 5.74) is 5.70. The van der Waals surface area contributed by atoms with Gasteiger partial charge in [-0.25, -0.2) is 0 Å². The Balaban J connectivity index is 2.51. The molecule has 0 unspecified atom stereocenters. The molecule has 0 radical (unpaired) electrons. The first-order valence-corrected chi connectivity index (χ1v) is 4.56. The predicted molar refractivity (Wildman–Crippen MR) is 43.5 cm³/mol. The van der Waals surface area contributed by atoms with Gasteiger partial charge in [0, 0.05) is 0 Å². The molecule has 0 aromatic rings. The maximum atomic E-state index is 5.70. The maximum absolute atomic E-state index is 5.70. The number of morpholine rings is 1. The second kappa shape index (κ2) is 3.83. The lowest BCUT2D eigenvalue weighted by atomic mass is 10.5. The summed E-state index contributed by atoms with van der Waals surface area (Å²) in [4.78, 5) is 0. The monoisotopic (exact) mass is 161 g/mol. The Morgan fingerprint density at radius 1 is 1.50 bits per heavy atom. The van der Waals surface area contributed by atoms with Crippen molar-refractivity contribution < 1.29 is 9.31 Å². The van der Waals surface area contributed by atoms with Gasteiger partial charge in [0.25, 0.3) is 0 Å². The van der Waals surface area contributed by atoms with Gasteiger partial charge in [0.1, 0.15) is 13.1 Å². The molecule has 1 saturated heterocycles. The fraction of sp³-hybridized carbons (Fsp3) is 0.833. The molecule has 0 aliphatic carbocycles. The zero-order valence-electron chi connectivity index (χ0n) is 6.17. The Morgan fingerprint density at radius 2 is 2.10 bits per heavy atom. The van der Waals surface area contributed by atoms with Crippen LogP contribution in [0, 0.1) is 0 Å². The van der Waals surface area contributed by atoms with Crippen molar-refractivity contribution in [3.8, 4) is 0 Å². The minimum atomic E-state index is 0.807. The van der Waals surface area contributed by atoms with Crippen molar-refractivity contribution >= 4 is 16.9 Å². The lowest BCUT2D eigenvalue weighted by Crippen LogP contribution is -2.35. The highest BCUT2D eigenvalue weighted by atomic mass is 32.2. The number of nitrogens with two attached hydrogens (primary N) is 1. The smallest absolute Gasteiger partial charge is 0.303 e. The van der Waals surface area contributed by atoms with Gasteiger partial charge in [-0.3, -0.25) is 10.3 Å². The Hall–Kier alpha value is -0.220. The number of hydrogen-bond donors (Lipinski definition) is 1. The Kier molecular flexibility index (Phi) is 3.02. The quantitative estimate of drug-likeness (QED) is 0.392. The van der Waals surface area contributed by atoms with E-state index in [2.05, 4.69) is 4.58 Å². The molecule has 0 atom stereocenters. The summed E-state index contributed by atoms with van der Waals surface area (Å²) in [6.45, 7) is 3.49. The highest BCUT2D eigenvalue weighted by molar-refractivity contribution is 8.12. The van der Waals surface area contributed by atoms with Gasteiger partial charge in [-0.15, -0.1) is 0 Å². The fourth-order valence-electron chi connectivity index (χ4n) is 0.913. The molecule has 1 aliphatic heterocycles. The van der Waals surface area contributed by atoms with Gasteiger partial charge < -0.3 is 4.74 Å². The lowest BCUT2D eigenvalue weighted by Gasteiger charge is -2.14. The van der Waals surface area contributed by atoms with Crippen LogP contribution in [0.3, 0.4) is 0 Å². The van der Waals surface area contributed by atoms with Crippen LogP contribution in [0.1, 0.15) is 0 Å². The number of hydrogen-bond acceptors (Lipinski definition) is 2. The van der Waals surface area contributed by atoms with E-state index in [0.29, 0.717) is 0 Å². The van der Waals surface area contributed by atoms with E-state index in [9.17, 15) is 0 Å². The van der Waals surface area contributed by atoms with E-state index >= 15 is 0 Å². The van der Waals surface area contributed by atoms with Crippen molar-refractivity contribution in [1.82, 2.24) is 0 Å². The summed E-state index contributed by atoms with van der Waals surface area (Å²) in [7, 11) is 0. The second-order valence-corrected chi connectivity index (χ2v) is 2.97. The molecule has 1 fully saturated rings. The van der Waals surface area contributed by atoms with Crippen molar-refractivity contribution in [3.63, 3.8) is 0 Å². The van der Waals surface area contributed by atoms with Crippen molar-refractivity contribution in [1.29, 1.82) is 0 Å². The molecule has 0 spiro atoms. The minimum absolute atomic E-state index is 0.807. The number of nitrogens with zero attached hydrogens (tertiary/aromatic N) is 1. The molecular formula is C6H13N2OS+. The molecular weight excluding hydrogens is 148 g/mol. The third-order valence-corrected chi connectivity index (χ3v) is 2.21. The van der Waals surface area contributed by atoms with Crippen LogP contribution in [0.4, 0.5) is 0 Å². The lowest BCUT2D eigenvalue weighted by molar-refractivity contribution is -0.547.